The second-order valence-corrected chi connectivity index (χ2v) is 6.42. The number of carboxylic acid groups (broad SMARTS) is 1. The molecule has 0 aromatic rings. The fourth-order valence-electron chi connectivity index (χ4n) is 3.18. The molecule has 1 aliphatic rings. The quantitative estimate of drug-likeness (QED) is 0.678. The second kappa shape index (κ2) is 8.71. The van der Waals surface area contributed by atoms with E-state index in [4.69, 9.17) is 0 Å². The first kappa shape index (κ1) is 18.4. The second-order valence-electron chi connectivity index (χ2n) is 6.42. The van der Waals surface area contributed by atoms with E-state index >= 15 is 0 Å². The first-order valence-corrected chi connectivity index (χ1v) is 8.36. The Kier molecular flexibility index (Phi) is 7.63. The number of likely N-dealkylation sites (N-methyl/N-ethyl adjacent to an activating group) is 1. The van der Waals surface area contributed by atoms with Crippen molar-refractivity contribution in [3.05, 3.63) is 0 Å². The number of carboxylic acids is 1. The lowest BCUT2D eigenvalue weighted by Crippen LogP contribution is -2.53. The van der Waals surface area contributed by atoms with Gasteiger partial charge in [-0.3, -0.25) is 9.69 Å². The number of hydrogen-bond donors (Lipinski definition) is 2. The summed E-state index contributed by atoms with van der Waals surface area (Å²) in [6.07, 6.45) is 3.24. The van der Waals surface area contributed by atoms with E-state index < -0.39 is 11.5 Å². The standard InChI is InChI=1S/C16H33N3O2/c1-5-9-17-16(6-2,15(20)21)8-7-10-19-12-11-18(4)13-14(19)3/h14,17H,5-13H2,1-4H3,(H,20,21). The molecule has 0 amide bonds. The molecule has 0 saturated carbocycles. The third-order valence-corrected chi connectivity index (χ3v) is 4.74. The van der Waals surface area contributed by atoms with Crippen LogP contribution in [-0.4, -0.2) is 72.2 Å². The highest BCUT2D eigenvalue weighted by Crippen LogP contribution is 2.19. The normalized spacial score (nSPS) is 23.9. The molecular weight excluding hydrogens is 266 g/mol. The molecule has 0 aromatic heterocycles. The molecule has 1 rings (SSSR count). The smallest absolute Gasteiger partial charge is 0.323 e. The van der Waals surface area contributed by atoms with E-state index in [0.29, 0.717) is 18.9 Å². The number of rotatable bonds is 9. The van der Waals surface area contributed by atoms with Crippen LogP contribution in [0.5, 0.6) is 0 Å². The van der Waals surface area contributed by atoms with Crippen LogP contribution < -0.4 is 5.32 Å². The number of hydrogen-bond acceptors (Lipinski definition) is 4. The first-order valence-electron chi connectivity index (χ1n) is 8.36. The molecule has 0 aliphatic carbocycles. The average Bonchev–Trinajstić information content (AvgIpc) is 2.44. The first-order chi connectivity index (χ1) is 9.95. The van der Waals surface area contributed by atoms with Crippen molar-refractivity contribution in [1.29, 1.82) is 0 Å². The van der Waals surface area contributed by atoms with Gasteiger partial charge in [-0.05, 0) is 52.7 Å². The van der Waals surface area contributed by atoms with Crippen LogP contribution in [0, 0.1) is 0 Å². The Bertz CT molecular complexity index is 325. The Morgan fingerprint density at radius 2 is 2.10 bits per heavy atom. The summed E-state index contributed by atoms with van der Waals surface area (Å²) in [6, 6.07) is 0.563. The Morgan fingerprint density at radius 1 is 1.38 bits per heavy atom. The monoisotopic (exact) mass is 299 g/mol. The summed E-state index contributed by atoms with van der Waals surface area (Å²) < 4.78 is 0. The van der Waals surface area contributed by atoms with Gasteiger partial charge in [0.05, 0.1) is 0 Å². The number of nitrogens with one attached hydrogen (secondary N) is 1. The molecule has 1 fully saturated rings. The maximum absolute atomic E-state index is 11.7. The van der Waals surface area contributed by atoms with E-state index in [2.05, 4.69) is 36.0 Å². The molecule has 0 bridgehead atoms. The van der Waals surface area contributed by atoms with Crippen LogP contribution in [0.25, 0.3) is 0 Å². The van der Waals surface area contributed by atoms with Gasteiger partial charge in [0, 0.05) is 25.7 Å². The van der Waals surface area contributed by atoms with E-state index in [1.807, 2.05) is 6.92 Å². The maximum atomic E-state index is 11.7. The van der Waals surface area contributed by atoms with Crippen LogP contribution >= 0.6 is 0 Å². The molecule has 21 heavy (non-hydrogen) atoms. The Hall–Kier alpha value is -0.650. The lowest BCUT2D eigenvalue weighted by atomic mass is 9.90. The number of nitrogens with zero attached hydrogens (tertiary/aromatic N) is 2. The van der Waals surface area contributed by atoms with E-state index in [-0.39, 0.29) is 0 Å². The van der Waals surface area contributed by atoms with Gasteiger partial charge in [-0.15, -0.1) is 0 Å². The Labute approximate surface area is 129 Å². The van der Waals surface area contributed by atoms with Gasteiger partial charge in [-0.2, -0.15) is 0 Å². The van der Waals surface area contributed by atoms with Gasteiger partial charge in [0.25, 0.3) is 0 Å². The predicted molar refractivity (Wildman–Crippen MR) is 86.7 cm³/mol. The van der Waals surface area contributed by atoms with Crippen molar-refractivity contribution in [3.63, 3.8) is 0 Å². The number of aliphatic carboxylic acids is 1. The van der Waals surface area contributed by atoms with E-state index in [1.54, 1.807) is 0 Å². The van der Waals surface area contributed by atoms with E-state index in [0.717, 1.165) is 45.6 Å². The van der Waals surface area contributed by atoms with Crippen LogP contribution in [0.15, 0.2) is 0 Å². The molecule has 5 nitrogen and oxygen atoms in total. The number of piperazine rings is 1. The minimum atomic E-state index is -0.744. The molecular formula is C16H33N3O2. The zero-order valence-electron chi connectivity index (χ0n) is 14.2. The highest BCUT2D eigenvalue weighted by atomic mass is 16.4. The molecule has 0 spiro atoms. The zero-order valence-corrected chi connectivity index (χ0v) is 14.2. The highest BCUT2D eigenvalue weighted by Gasteiger charge is 2.35. The maximum Gasteiger partial charge on any atom is 0.323 e. The third kappa shape index (κ3) is 5.24. The van der Waals surface area contributed by atoms with Crippen LogP contribution in [0.1, 0.15) is 46.5 Å². The Balaban J connectivity index is 2.47. The minimum absolute atomic E-state index is 0.563. The summed E-state index contributed by atoms with van der Waals surface area (Å²) in [7, 11) is 2.16. The highest BCUT2D eigenvalue weighted by molar-refractivity contribution is 5.78. The average molecular weight is 299 g/mol. The fraction of sp³-hybridized carbons (Fsp3) is 0.938. The van der Waals surface area contributed by atoms with E-state index in [9.17, 15) is 9.90 Å². The molecule has 1 aliphatic heterocycles. The van der Waals surface area contributed by atoms with Crippen molar-refractivity contribution in [2.45, 2.75) is 58.0 Å². The molecule has 0 aromatic carbocycles. The molecule has 2 N–H and O–H groups in total. The van der Waals surface area contributed by atoms with E-state index in [1.165, 1.54) is 0 Å². The van der Waals surface area contributed by atoms with Crippen LogP contribution in [-0.2, 0) is 4.79 Å². The molecule has 2 unspecified atom stereocenters. The van der Waals surface area contributed by atoms with Gasteiger partial charge in [0.2, 0.25) is 0 Å². The summed E-state index contributed by atoms with van der Waals surface area (Å²) in [5, 5.41) is 12.9. The topological polar surface area (TPSA) is 55.8 Å². The Morgan fingerprint density at radius 3 is 2.62 bits per heavy atom. The van der Waals surface area contributed by atoms with Gasteiger partial charge in [0.15, 0.2) is 0 Å². The summed E-state index contributed by atoms with van der Waals surface area (Å²) in [4.78, 5) is 16.5. The van der Waals surface area contributed by atoms with Crippen molar-refractivity contribution in [1.82, 2.24) is 15.1 Å². The van der Waals surface area contributed by atoms with Crippen LogP contribution in [0.2, 0.25) is 0 Å². The molecule has 0 radical (unpaired) electrons. The van der Waals surface area contributed by atoms with Gasteiger partial charge < -0.3 is 15.3 Å². The van der Waals surface area contributed by atoms with Crippen molar-refractivity contribution in [2.24, 2.45) is 0 Å². The molecule has 1 heterocycles. The number of carbonyl (C=O) groups is 1. The summed E-state index contributed by atoms with van der Waals surface area (Å²) >= 11 is 0. The molecule has 2 atom stereocenters. The lowest BCUT2D eigenvalue weighted by molar-refractivity contribution is -0.145. The van der Waals surface area contributed by atoms with Crippen molar-refractivity contribution >= 4 is 5.97 Å². The minimum Gasteiger partial charge on any atom is -0.480 e. The summed E-state index contributed by atoms with van der Waals surface area (Å²) in [6.45, 7) is 11.4. The lowest BCUT2D eigenvalue weighted by Gasteiger charge is -2.39. The van der Waals surface area contributed by atoms with Crippen molar-refractivity contribution < 1.29 is 9.90 Å². The van der Waals surface area contributed by atoms with Gasteiger partial charge in [-0.25, -0.2) is 0 Å². The summed E-state index contributed by atoms with van der Waals surface area (Å²) in [5.41, 5.74) is -0.744. The fourth-order valence-corrected chi connectivity index (χ4v) is 3.18. The van der Waals surface area contributed by atoms with Gasteiger partial charge in [-0.1, -0.05) is 13.8 Å². The largest absolute Gasteiger partial charge is 0.480 e. The van der Waals surface area contributed by atoms with Gasteiger partial charge in [0.1, 0.15) is 5.54 Å². The SMILES string of the molecule is CCCNC(CC)(CCCN1CCN(C)CC1C)C(=O)O. The van der Waals surface area contributed by atoms with Crippen molar-refractivity contribution in [2.75, 3.05) is 39.8 Å². The van der Waals surface area contributed by atoms with Crippen molar-refractivity contribution in [3.8, 4) is 0 Å². The van der Waals surface area contributed by atoms with Crippen LogP contribution in [0.4, 0.5) is 0 Å². The molecule has 1 saturated heterocycles. The molecule has 124 valence electrons. The zero-order chi connectivity index (χ0) is 15.9. The molecule has 5 heteroatoms. The predicted octanol–water partition coefficient (Wildman–Crippen LogP) is 1.64. The van der Waals surface area contributed by atoms with Crippen LogP contribution in [0.3, 0.4) is 0 Å². The van der Waals surface area contributed by atoms with Gasteiger partial charge >= 0.3 is 5.97 Å². The third-order valence-electron chi connectivity index (χ3n) is 4.74. The summed E-state index contributed by atoms with van der Waals surface area (Å²) in [5.74, 6) is -0.704.